The van der Waals surface area contributed by atoms with Crippen molar-refractivity contribution in [1.29, 1.82) is 0 Å². The number of piperidine rings is 1. The van der Waals surface area contributed by atoms with E-state index in [4.69, 9.17) is 14.2 Å². The third-order valence-corrected chi connectivity index (χ3v) is 9.71. The van der Waals surface area contributed by atoms with E-state index in [-0.39, 0.29) is 86.8 Å². The predicted octanol–water partition coefficient (Wildman–Crippen LogP) is 2.52. The van der Waals surface area contributed by atoms with Crippen molar-refractivity contribution < 1.29 is 43.0 Å². The molecule has 15 nitrogen and oxygen atoms in total. The van der Waals surface area contributed by atoms with Crippen molar-refractivity contribution in [3.05, 3.63) is 30.3 Å². The molecule has 0 aromatic heterocycles. The van der Waals surface area contributed by atoms with Crippen molar-refractivity contribution in [2.45, 2.75) is 110 Å². The zero-order valence-corrected chi connectivity index (χ0v) is 31.4. The SMILES string of the molecule is CC(C)(C)OC(=O)N1CCN(C(=O)OC(C)(C)C)[C@@H](C(=O)N2CC(NC(=O)[C@@H]3C[C@]4(C)C[C@@H]4N3C(=O)CNC(=O)CCCOc3ccccc3)C2)C1. The van der Waals surface area contributed by atoms with Gasteiger partial charge in [0.05, 0.1) is 25.7 Å². The molecule has 286 valence electrons. The highest BCUT2D eigenvalue weighted by atomic mass is 16.6. The van der Waals surface area contributed by atoms with Crippen LogP contribution in [0.15, 0.2) is 30.3 Å². The topological polar surface area (TPSA) is 167 Å². The van der Waals surface area contributed by atoms with Crippen molar-refractivity contribution in [1.82, 2.24) is 30.2 Å². The number of benzene rings is 1. The molecule has 1 aromatic carbocycles. The molecule has 4 atom stereocenters. The second-order valence-corrected chi connectivity index (χ2v) is 16.5. The number of piperazine rings is 1. The van der Waals surface area contributed by atoms with Gasteiger partial charge in [0, 0.05) is 38.6 Å². The fraction of sp³-hybridized carbons (Fsp3) is 0.676. The van der Waals surface area contributed by atoms with Gasteiger partial charge >= 0.3 is 12.2 Å². The lowest BCUT2D eigenvalue weighted by molar-refractivity contribution is -0.146. The smallest absolute Gasteiger partial charge is 0.411 e. The van der Waals surface area contributed by atoms with Gasteiger partial charge in [-0.15, -0.1) is 0 Å². The molecule has 15 heteroatoms. The summed E-state index contributed by atoms with van der Waals surface area (Å²) in [7, 11) is 0. The zero-order valence-electron chi connectivity index (χ0n) is 31.4. The molecule has 2 N–H and O–H groups in total. The third kappa shape index (κ3) is 9.65. The molecule has 3 aliphatic heterocycles. The highest BCUT2D eigenvalue weighted by Crippen LogP contribution is 2.59. The molecule has 3 saturated heterocycles. The summed E-state index contributed by atoms with van der Waals surface area (Å²) in [6, 6.07) is 7.23. The molecule has 0 unspecified atom stereocenters. The molecule has 0 spiro atoms. The van der Waals surface area contributed by atoms with Crippen molar-refractivity contribution in [3.63, 3.8) is 0 Å². The minimum absolute atomic E-state index is 0.0579. The van der Waals surface area contributed by atoms with Gasteiger partial charge in [0.1, 0.15) is 29.0 Å². The summed E-state index contributed by atoms with van der Waals surface area (Å²) in [5.74, 6) is -0.503. The van der Waals surface area contributed by atoms with Gasteiger partial charge in [0.2, 0.25) is 23.6 Å². The standard InChI is InChI=1S/C37H54N6O9/c1-35(2,3)51-33(48)40-15-16-42(34(49)52-36(4,5)6)27(23-40)32(47)41-21-24(22-41)39-31(46)26-18-37(7)19-28(37)43(26)30(45)20-38-29(44)14-11-17-50-25-12-9-8-10-13-25/h8-10,12-13,24,26-28H,11,14-23H2,1-7H3,(H,38,44)(H,39,46)/t26-,27+,28-,37+/m0/s1. The van der Waals surface area contributed by atoms with Crippen LogP contribution in [0.1, 0.15) is 74.1 Å². The Morgan fingerprint density at radius 1 is 0.827 bits per heavy atom. The van der Waals surface area contributed by atoms with E-state index in [2.05, 4.69) is 17.6 Å². The first-order valence-corrected chi connectivity index (χ1v) is 18.2. The Bertz CT molecular complexity index is 1520. The lowest BCUT2D eigenvalue weighted by atomic mass is 10.00. The maximum Gasteiger partial charge on any atom is 0.411 e. The molecular formula is C37H54N6O9. The summed E-state index contributed by atoms with van der Waals surface area (Å²) >= 11 is 0. The van der Waals surface area contributed by atoms with Gasteiger partial charge in [-0.05, 0) is 78.4 Å². The fourth-order valence-corrected chi connectivity index (χ4v) is 6.94. The van der Waals surface area contributed by atoms with Gasteiger partial charge in [-0.2, -0.15) is 0 Å². The number of carbonyl (C=O) groups excluding carboxylic acids is 6. The fourth-order valence-electron chi connectivity index (χ4n) is 6.94. The summed E-state index contributed by atoms with van der Waals surface area (Å²) in [5.41, 5.74) is -1.66. The molecule has 6 amide bonds. The number of hydrogen-bond acceptors (Lipinski definition) is 9. The highest BCUT2D eigenvalue weighted by Gasteiger charge is 2.64. The minimum atomic E-state index is -0.991. The van der Waals surface area contributed by atoms with E-state index < -0.39 is 35.5 Å². The highest BCUT2D eigenvalue weighted by molar-refractivity contribution is 5.92. The van der Waals surface area contributed by atoms with Crippen LogP contribution in [0.5, 0.6) is 5.75 Å². The third-order valence-electron chi connectivity index (χ3n) is 9.71. The molecule has 3 heterocycles. The van der Waals surface area contributed by atoms with Gasteiger partial charge in [0.15, 0.2) is 0 Å². The van der Waals surface area contributed by atoms with E-state index in [1.54, 1.807) is 51.3 Å². The van der Waals surface area contributed by atoms with Crippen LogP contribution in [0.4, 0.5) is 9.59 Å². The number of rotatable bonds is 10. The van der Waals surface area contributed by atoms with Gasteiger partial charge < -0.3 is 39.5 Å². The summed E-state index contributed by atoms with van der Waals surface area (Å²) in [5, 5.41) is 5.70. The molecule has 52 heavy (non-hydrogen) atoms. The van der Waals surface area contributed by atoms with Crippen LogP contribution in [-0.2, 0) is 28.7 Å². The second kappa shape index (κ2) is 15.2. The molecule has 0 radical (unpaired) electrons. The molecule has 0 bridgehead atoms. The second-order valence-electron chi connectivity index (χ2n) is 16.5. The number of likely N-dealkylation sites (tertiary alicyclic amines) is 2. The van der Waals surface area contributed by atoms with E-state index in [0.29, 0.717) is 19.4 Å². The van der Waals surface area contributed by atoms with Crippen molar-refractivity contribution in [2.75, 3.05) is 45.9 Å². The maximum absolute atomic E-state index is 13.8. The molecular weight excluding hydrogens is 672 g/mol. The number of nitrogens with zero attached hydrogens (tertiary/aromatic N) is 4. The number of para-hydroxylation sites is 1. The average Bonchev–Trinajstić information content (AvgIpc) is 3.61. The number of carbonyl (C=O) groups is 6. The lowest BCUT2D eigenvalue weighted by Gasteiger charge is -2.46. The Balaban J connectivity index is 1.12. The van der Waals surface area contributed by atoms with Gasteiger partial charge in [-0.25, -0.2) is 9.59 Å². The minimum Gasteiger partial charge on any atom is -0.494 e. The Morgan fingerprint density at radius 3 is 2.13 bits per heavy atom. The van der Waals surface area contributed by atoms with Crippen LogP contribution in [0.3, 0.4) is 0 Å². The first-order chi connectivity index (χ1) is 24.3. The van der Waals surface area contributed by atoms with Crippen molar-refractivity contribution >= 4 is 35.8 Å². The zero-order chi connectivity index (χ0) is 38.0. The molecule has 1 saturated carbocycles. The molecule has 1 aromatic rings. The summed E-state index contributed by atoms with van der Waals surface area (Å²) < 4.78 is 16.7. The number of nitrogens with one attached hydrogen (secondary N) is 2. The van der Waals surface area contributed by atoms with Crippen LogP contribution < -0.4 is 15.4 Å². The first kappa shape index (κ1) is 38.7. The molecule has 1 aliphatic carbocycles. The summed E-state index contributed by atoms with van der Waals surface area (Å²) in [4.78, 5) is 85.1. The largest absolute Gasteiger partial charge is 0.494 e. The van der Waals surface area contributed by atoms with Crippen molar-refractivity contribution in [2.24, 2.45) is 5.41 Å². The van der Waals surface area contributed by atoms with E-state index >= 15 is 0 Å². The Kier molecular flexibility index (Phi) is 11.3. The van der Waals surface area contributed by atoms with Crippen LogP contribution in [0.2, 0.25) is 0 Å². The van der Waals surface area contributed by atoms with E-state index in [0.717, 1.165) is 12.2 Å². The van der Waals surface area contributed by atoms with E-state index in [9.17, 15) is 28.8 Å². The lowest BCUT2D eigenvalue weighted by Crippen LogP contribution is -2.69. The Morgan fingerprint density at radius 2 is 1.48 bits per heavy atom. The van der Waals surface area contributed by atoms with E-state index in [1.165, 1.54) is 9.80 Å². The quantitative estimate of drug-likeness (QED) is 0.345. The summed E-state index contributed by atoms with van der Waals surface area (Å²) in [6.07, 6.45) is 0.798. The molecule has 5 rings (SSSR count). The Hall–Kier alpha value is -4.56. The van der Waals surface area contributed by atoms with Crippen LogP contribution in [-0.4, -0.2) is 137 Å². The first-order valence-electron chi connectivity index (χ1n) is 18.2. The number of fused-ring (bicyclic) bond motifs is 1. The summed E-state index contributed by atoms with van der Waals surface area (Å²) in [6.45, 7) is 13.4. The van der Waals surface area contributed by atoms with Crippen LogP contribution in [0, 0.1) is 5.41 Å². The molecule has 4 fully saturated rings. The van der Waals surface area contributed by atoms with Crippen LogP contribution >= 0.6 is 0 Å². The predicted molar refractivity (Wildman–Crippen MR) is 189 cm³/mol. The van der Waals surface area contributed by atoms with Crippen LogP contribution in [0.25, 0.3) is 0 Å². The van der Waals surface area contributed by atoms with E-state index in [1.807, 2.05) is 30.3 Å². The number of amides is 6. The Labute approximate surface area is 305 Å². The van der Waals surface area contributed by atoms with Gasteiger partial charge in [-0.1, -0.05) is 25.1 Å². The molecule has 4 aliphatic rings. The normalized spacial score (nSPS) is 24.3. The average molecular weight is 727 g/mol. The number of ether oxygens (including phenoxy) is 3. The maximum atomic E-state index is 13.8. The monoisotopic (exact) mass is 726 g/mol. The van der Waals surface area contributed by atoms with Gasteiger partial charge in [-0.3, -0.25) is 24.1 Å². The number of hydrogen-bond donors (Lipinski definition) is 2. The van der Waals surface area contributed by atoms with Gasteiger partial charge in [0.25, 0.3) is 0 Å². The van der Waals surface area contributed by atoms with Crippen molar-refractivity contribution in [3.8, 4) is 5.75 Å².